The largest absolute Gasteiger partial charge is 0.488 e. The first kappa shape index (κ1) is 14.4. The number of aryl methyl sites for hydroxylation is 1. The number of ether oxygens (including phenoxy) is 1. The minimum Gasteiger partial charge on any atom is -0.488 e. The number of carbonyl (C=O) groups is 1. The van der Waals surface area contributed by atoms with Gasteiger partial charge in [0.05, 0.1) is 5.52 Å². The van der Waals surface area contributed by atoms with Crippen LogP contribution in [0, 0.1) is 0 Å². The maximum Gasteiger partial charge on any atom is 0.131 e. The predicted molar refractivity (Wildman–Crippen MR) is 88.0 cm³/mol. The van der Waals surface area contributed by atoms with E-state index in [2.05, 4.69) is 28.8 Å². The van der Waals surface area contributed by atoms with Gasteiger partial charge in [-0.2, -0.15) is 0 Å². The molecule has 0 saturated heterocycles. The number of rotatable bonds is 6. The summed E-state index contributed by atoms with van der Waals surface area (Å²) < 4.78 is 8.07. The molecular formula is C19H19NO2. The van der Waals surface area contributed by atoms with Gasteiger partial charge in [-0.05, 0) is 30.7 Å². The van der Waals surface area contributed by atoms with Gasteiger partial charge in [-0.25, -0.2) is 0 Å². The number of fused-ring (bicyclic) bond motifs is 1. The molecule has 0 aliphatic carbocycles. The highest BCUT2D eigenvalue weighted by molar-refractivity contribution is 5.86. The predicted octanol–water partition coefficient (Wildman–Crippen LogP) is 4.20. The number of carbonyl (C=O) groups excluding carboxylic acids is 1. The highest BCUT2D eigenvalue weighted by Crippen LogP contribution is 2.27. The summed E-state index contributed by atoms with van der Waals surface area (Å²) >= 11 is 0. The first-order valence-corrected chi connectivity index (χ1v) is 7.48. The fourth-order valence-corrected chi connectivity index (χ4v) is 2.53. The third kappa shape index (κ3) is 3.19. The lowest BCUT2D eigenvalue weighted by atomic mass is 10.2. The van der Waals surface area contributed by atoms with Crippen molar-refractivity contribution in [1.82, 2.24) is 4.57 Å². The van der Waals surface area contributed by atoms with Crippen molar-refractivity contribution in [3.05, 3.63) is 66.4 Å². The number of ketones is 1. The summed E-state index contributed by atoms with van der Waals surface area (Å²) in [5.74, 6) is 1.08. The van der Waals surface area contributed by atoms with Gasteiger partial charge in [0.2, 0.25) is 0 Å². The standard InChI is InChI=1S/C19H19NO2/c1-15(21)10-12-20-13-11-17-18(20)8-5-9-19(17)22-14-16-6-3-2-4-7-16/h2-9,11,13H,10,12,14H2,1H3. The Morgan fingerprint density at radius 1 is 1.05 bits per heavy atom. The lowest BCUT2D eigenvalue weighted by molar-refractivity contribution is -0.117. The molecule has 0 aliphatic rings. The molecule has 112 valence electrons. The third-order valence-corrected chi connectivity index (χ3v) is 3.72. The second kappa shape index (κ2) is 6.48. The molecule has 0 amide bonds. The van der Waals surface area contributed by atoms with E-state index in [1.165, 1.54) is 0 Å². The normalized spacial score (nSPS) is 10.8. The average molecular weight is 293 g/mol. The Balaban J connectivity index is 1.80. The Morgan fingerprint density at radius 2 is 1.86 bits per heavy atom. The maximum absolute atomic E-state index is 11.2. The topological polar surface area (TPSA) is 31.2 Å². The van der Waals surface area contributed by atoms with E-state index in [9.17, 15) is 4.79 Å². The van der Waals surface area contributed by atoms with Crippen LogP contribution in [0.4, 0.5) is 0 Å². The van der Waals surface area contributed by atoms with E-state index in [-0.39, 0.29) is 5.78 Å². The molecule has 0 spiro atoms. The summed E-state index contributed by atoms with van der Waals surface area (Å²) in [7, 11) is 0. The Hall–Kier alpha value is -2.55. The van der Waals surface area contributed by atoms with E-state index in [4.69, 9.17) is 4.74 Å². The number of Topliss-reactive ketones (excluding diaryl/α,β-unsaturated/α-hetero) is 1. The van der Waals surface area contributed by atoms with Gasteiger partial charge in [0.15, 0.2) is 0 Å². The number of hydrogen-bond donors (Lipinski definition) is 0. The minimum absolute atomic E-state index is 0.207. The van der Waals surface area contributed by atoms with Crippen molar-refractivity contribution in [2.45, 2.75) is 26.5 Å². The van der Waals surface area contributed by atoms with Gasteiger partial charge in [-0.15, -0.1) is 0 Å². The molecule has 3 aromatic rings. The van der Waals surface area contributed by atoms with E-state index >= 15 is 0 Å². The van der Waals surface area contributed by atoms with Crippen LogP contribution in [0.5, 0.6) is 5.75 Å². The molecule has 0 saturated carbocycles. The average Bonchev–Trinajstić information content (AvgIpc) is 2.95. The summed E-state index contributed by atoms with van der Waals surface area (Å²) in [6, 6.07) is 18.2. The summed E-state index contributed by atoms with van der Waals surface area (Å²) in [4.78, 5) is 11.2. The molecule has 0 radical (unpaired) electrons. The van der Waals surface area contributed by atoms with Gasteiger partial charge in [-0.3, -0.25) is 4.79 Å². The van der Waals surface area contributed by atoms with Crippen LogP contribution in [0.2, 0.25) is 0 Å². The first-order chi connectivity index (χ1) is 10.7. The molecule has 2 aromatic carbocycles. The second-order valence-corrected chi connectivity index (χ2v) is 5.42. The van der Waals surface area contributed by atoms with Gasteiger partial charge in [0.25, 0.3) is 0 Å². The van der Waals surface area contributed by atoms with Crippen LogP contribution in [-0.2, 0) is 17.9 Å². The fourth-order valence-electron chi connectivity index (χ4n) is 2.53. The summed E-state index contributed by atoms with van der Waals surface area (Å²) in [5.41, 5.74) is 2.25. The molecule has 0 unspecified atom stereocenters. The van der Waals surface area contributed by atoms with Gasteiger partial charge >= 0.3 is 0 Å². The van der Waals surface area contributed by atoms with Crippen molar-refractivity contribution in [2.24, 2.45) is 0 Å². The number of nitrogens with zero attached hydrogens (tertiary/aromatic N) is 1. The first-order valence-electron chi connectivity index (χ1n) is 7.48. The van der Waals surface area contributed by atoms with Crippen LogP contribution in [0.25, 0.3) is 10.9 Å². The third-order valence-electron chi connectivity index (χ3n) is 3.72. The molecular weight excluding hydrogens is 274 g/mol. The van der Waals surface area contributed by atoms with Gasteiger partial charge in [-0.1, -0.05) is 36.4 Å². The number of hydrogen-bond acceptors (Lipinski definition) is 2. The van der Waals surface area contributed by atoms with Crippen molar-refractivity contribution >= 4 is 16.7 Å². The van der Waals surface area contributed by atoms with Crippen LogP contribution in [-0.4, -0.2) is 10.4 Å². The quantitative estimate of drug-likeness (QED) is 0.682. The van der Waals surface area contributed by atoms with Gasteiger partial charge < -0.3 is 9.30 Å². The van der Waals surface area contributed by atoms with E-state index < -0.39 is 0 Å². The molecule has 0 bridgehead atoms. The molecule has 22 heavy (non-hydrogen) atoms. The van der Waals surface area contributed by atoms with Crippen molar-refractivity contribution in [1.29, 1.82) is 0 Å². The highest BCUT2D eigenvalue weighted by atomic mass is 16.5. The summed E-state index contributed by atoms with van der Waals surface area (Å²) in [6.07, 6.45) is 2.57. The lowest BCUT2D eigenvalue weighted by Crippen LogP contribution is -2.01. The van der Waals surface area contributed by atoms with Crippen LogP contribution < -0.4 is 4.74 Å². The van der Waals surface area contributed by atoms with E-state index in [0.29, 0.717) is 19.6 Å². The van der Waals surface area contributed by atoms with Gasteiger partial charge in [0, 0.05) is 24.5 Å². The van der Waals surface area contributed by atoms with E-state index in [0.717, 1.165) is 22.2 Å². The van der Waals surface area contributed by atoms with Crippen LogP contribution >= 0.6 is 0 Å². The summed E-state index contributed by atoms with van der Waals surface area (Å²) in [5, 5.41) is 1.09. The molecule has 0 N–H and O–H groups in total. The molecule has 1 aromatic heterocycles. The zero-order chi connectivity index (χ0) is 15.4. The van der Waals surface area contributed by atoms with Crippen molar-refractivity contribution < 1.29 is 9.53 Å². The zero-order valence-electron chi connectivity index (χ0n) is 12.7. The molecule has 3 heteroatoms. The lowest BCUT2D eigenvalue weighted by Gasteiger charge is -2.09. The Morgan fingerprint density at radius 3 is 2.64 bits per heavy atom. The molecule has 0 aliphatic heterocycles. The van der Waals surface area contributed by atoms with Crippen molar-refractivity contribution in [3.8, 4) is 5.75 Å². The van der Waals surface area contributed by atoms with Crippen molar-refractivity contribution in [3.63, 3.8) is 0 Å². The maximum atomic E-state index is 11.2. The van der Waals surface area contributed by atoms with Crippen molar-refractivity contribution in [2.75, 3.05) is 0 Å². The molecule has 3 rings (SSSR count). The van der Waals surface area contributed by atoms with Crippen LogP contribution in [0.1, 0.15) is 18.9 Å². The molecule has 0 atom stereocenters. The van der Waals surface area contributed by atoms with E-state index in [1.54, 1.807) is 6.92 Å². The van der Waals surface area contributed by atoms with Crippen LogP contribution in [0.15, 0.2) is 60.8 Å². The minimum atomic E-state index is 0.207. The Bertz CT molecular complexity index is 774. The molecule has 3 nitrogen and oxygen atoms in total. The van der Waals surface area contributed by atoms with Gasteiger partial charge in [0.1, 0.15) is 18.1 Å². The fraction of sp³-hybridized carbons (Fsp3) is 0.211. The number of aromatic nitrogens is 1. The summed E-state index contributed by atoms with van der Waals surface area (Å²) in [6.45, 7) is 2.89. The zero-order valence-corrected chi connectivity index (χ0v) is 12.7. The Labute approximate surface area is 130 Å². The second-order valence-electron chi connectivity index (χ2n) is 5.42. The number of benzene rings is 2. The Kier molecular flexibility index (Phi) is 4.24. The van der Waals surface area contributed by atoms with Crippen LogP contribution in [0.3, 0.4) is 0 Å². The SMILES string of the molecule is CC(=O)CCn1ccc2c(OCc3ccccc3)cccc21. The molecule has 1 heterocycles. The highest BCUT2D eigenvalue weighted by Gasteiger charge is 2.07. The smallest absolute Gasteiger partial charge is 0.131 e. The monoisotopic (exact) mass is 293 g/mol. The van der Waals surface area contributed by atoms with E-state index in [1.807, 2.05) is 36.5 Å². The molecule has 0 fully saturated rings.